The lowest BCUT2D eigenvalue weighted by atomic mass is 10.0. The van der Waals surface area contributed by atoms with Crippen LogP contribution in [0.1, 0.15) is 53.0 Å². The molecule has 1 fully saturated rings. The quantitative estimate of drug-likeness (QED) is 0.667. The van der Waals surface area contributed by atoms with Crippen molar-refractivity contribution >= 4 is 5.91 Å². The van der Waals surface area contributed by atoms with Gasteiger partial charge in [0.25, 0.3) is 0 Å². The third-order valence-corrected chi connectivity index (χ3v) is 5.67. The molecule has 0 bridgehead atoms. The van der Waals surface area contributed by atoms with Crippen LogP contribution in [-0.4, -0.2) is 70.7 Å². The number of β-amino-alcohol motifs (C(OH)–C–C–N with tert-alkyl or cyclic N) is 1. The molecule has 5 heteroatoms. The maximum absolute atomic E-state index is 13.1. The minimum Gasteiger partial charge on any atom is -0.391 e. The molecule has 1 aromatic rings. The van der Waals surface area contributed by atoms with Crippen molar-refractivity contribution in [2.24, 2.45) is 0 Å². The second-order valence-corrected chi connectivity index (χ2v) is 9.21. The lowest BCUT2D eigenvalue weighted by Crippen LogP contribution is -2.63. The van der Waals surface area contributed by atoms with E-state index in [4.69, 9.17) is 0 Å². The summed E-state index contributed by atoms with van der Waals surface area (Å²) in [5.74, 6) is 0.0587. The van der Waals surface area contributed by atoms with Crippen LogP contribution in [0.3, 0.4) is 0 Å². The molecule has 1 aliphatic heterocycles. The molecule has 163 valence electrons. The zero-order chi connectivity index (χ0) is 21.4. The van der Waals surface area contributed by atoms with E-state index in [1.807, 2.05) is 45.4 Å². The lowest BCUT2D eigenvalue weighted by molar-refractivity contribution is -0.131. The van der Waals surface area contributed by atoms with Gasteiger partial charge in [0.2, 0.25) is 5.91 Å². The van der Waals surface area contributed by atoms with Crippen molar-refractivity contribution in [2.75, 3.05) is 26.2 Å². The summed E-state index contributed by atoms with van der Waals surface area (Å²) in [5.41, 5.74) is 0.921. The molecule has 29 heavy (non-hydrogen) atoms. The average molecular weight is 403 g/mol. The number of nitrogens with zero attached hydrogens (tertiary/aromatic N) is 2. The first-order chi connectivity index (χ1) is 13.7. The number of carbonyl (C=O) groups is 1. The third kappa shape index (κ3) is 7.72. The molecule has 1 unspecified atom stereocenters. The molecule has 0 saturated carbocycles. The van der Waals surface area contributed by atoms with Crippen molar-refractivity contribution in [2.45, 2.75) is 77.6 Å². The molecule has 2 atom stereocenters. The second kappa shape index (κ2) is 11.1. The summed E-state index contributed by atoms with van der Waals surface area (Å²) in [6.45, 7) is 13.4. The highest BCUT2D eigenvalue weighted by Crippen LogP contribution is 2.18. The van der Waals surface area contributed by atoms with Crippen molar-refractivity contribution < 1.29 is 9.90 Å². The monoisotopic (exact) mass is 402 g/mol. The van der Waals surface area contributed by atoms with Gasteiger partial charge in [0.15, 0.2) is 0 Å². The van der Waals surface area contributed by atoms with Gasteiger partial charge in [-0.05, 0) is 52.0 Å². The van der Waals surface area contributed by atoms with Crippen LogP contribution >= 0.6 is 0 Å². The Labute approximate surface area is 177 Å². The molecule has 1 heterocycles. The summed E-state index contributed by atoms with van der Waals surface area (Å²) in [4.78, 5) is 17.7. The van der Waals surface area contributed by atoms with Gasteiger partial charge in [0.1, 0.15) is 6.04 Å². The lowest BCUT2D eigenvalue weighted by Gasteiger charge is -2.44. The zero-order valence-electron chi connectivity index (χ0n) is 18.9. The number of nitrogens with one attached hydrogen (secondary N) is 1. The summed E-state index contributed by atoms with van der Waals surface area (Å²) in [6.07, 6.45) is 4.31. The van der Waals surface area contributed by atoms with Crippen LogP contribution in [0.2, 0.25) is 0 Å². The minimum atomic E-state index is -0.556. The number of hydrogen-bond donors (Lipinski definition) is 2. The number of rotatable bonds is 9. The van der Waals surface area contributed by atoms with E-state index in [0.717, 1.165) is 38.9 Å². The Morgan fingerprint density at radius 2 is 1.86 bits per heavy atom. The zero-order valence-corrected chi connectivity index (χ0v) is 18.9. The highest BCUT2D eigenvalue weighted by atomic mass is 16.3. The Bertz CT molecular complexity index is 610. The molecule has 1 aliphatic rings. The van der Waals surface area contributed by atoms with E-state index in [1.165, 1.54) is 5.56 Å². The van der Waals surface area contributed by atoms with E-state index in [1.54, 1.807) is 0 Å². The van der Waals surface area contributed by atoms with E-state index >= 15 is 0 Å². The predicted octanol–water partition coefficient (Wildman–Crippen LogP) is 2.88. The van der Waals surface area contributed by atoms with E-state index in [0.29, 0.717) is 12.6 Å². The first-order valence-electron chi connectivity index (χ1n) is 11.1. The number of piperazine rings is 1. The summed E-state index contributed by atoms with van der Waals surface area (Å²) in [5, 5.41) is 13.8. The Morgan fingerprint density at radius 3 is 2.45 bits per heavy atom. The first-order valence-corrected chi connectivity index (χ1v) is 11.1. The van der Waals surface area contributed by atoms with Gasteiger partial charge in [-0.15, -0.1) is 0 Å². The third-order valence-electron chi connectivity index (χ3n) is 5.67. The van der Waals surface area contributed by atoms with Gasteiger partial charge in [-0.25, -0.2) is 0 Å². The van der Waals surface area contributed by atoms with Gasteiger partial charge in [0.05, 0.1) is 6.10 Å². The molecule has 5 nitrogen and oxygen atoms in total. The van der Waals surface area contributed by atoms with E-state index in [9.17, 15) is 9.90 Å². The number of aliphatic hydroxyl groups is 1. The van der Waals surface area contributed by atoms with E-state index in [-0.39, 0.29) is 17.5 Å². The van der Waals surface area contributed by atoms with Crippen molar-refractivity contribution in [3.05, 3.63) is 42.3 Å². The predicted molar refractivity (Wildman–Crippen MR) is 120 cm³/mol. The van der Waals surface area contributed by atoms with Gasteiger partial charge in [-0.3, -0.25) is 14.6 Å². The van der Waals surface area contributed by atoms with Crippen molar-refractivity contribution in [1.29, 1.82) is 0 Å². The SMILES string of the molecule is CCC(CC)N1CCN(C[C@H](O)[CH]Cc2ccccc2)C(C(=O)NC(C)(C)C)C1. The summed E-state index contributed by atoms with van der Waals surface area (Å²) >= 11 is 0. The van der Waals surface area contributed by atoms with Crippen LogP contribution in [-0.2, 0) is 11.2 Å². The number of carbonyl (C=O) groups excluding carboxylic acids is 1. The van der Waals surface area contributed by atoms with E-state index in [2.05, 4.69) is 41.1 Å². The molecular weight excluding hydrogens is 362 g/mol. The highest BCUT2D eigenvalue weighted by Gasteiger charge is 2.36. The summed E-state index contributed by atoms with van der Waals surface area (Å²) < 4.78 is 0. The summed E-state index contributed by atoms with van der Waals surface area (Å²) in [6, 6.07) is 10.4. The fourth-order valence-corrected chi connectivity index (χ4v) is 4.10. The summed E-state index contributed by atoms with van der Waals surface area (Å²) in [7, 11) is 0. The fraction of sp³-hybridized carbons (Fsp3) is 0.667. The molecule has 0 aromatic heterocycles. The number of amides is 1. The number of aliphatic hydroxyl groups excluding tert-OH is 1. The standard InChI is InChI=1S/C24H40N3O2/c1-6-20(7-2)26-15-16-27(22(18-26)23(29)25-24(3,4)5)17-21(28)14-13-19-11-9-8-10-12-19/h8-12,14,20-22,28H,6-7,13,15-18H2,1-5H3,(H,25,29)/t21-,22?/m1/s1. The van der Waals surface area contributed by atoms with Crippen molar-refractivity contribution in [3.63, 3.8) is 0 Å². The van der Waals surface area contributed by atoms with Gasteiger partial charge >= 0.3 is 0 Å². The maximum Gasteiger partial charge on any atom is 0.239 e. The number of benzene rings is 1. The minimum absolute atomic E-state index is 0.0587. The molecular formula is C24H40N3O2. The van der Waals surface area contributed by atoms with E-state index < -0.39 is 6.10 Å². The number of hydrogen-bond acceptors (Lipinski definition) is 4. The fourth-order valence-electron chi connectivity index (χ4n) is 4.10. The Balaban J connectivity index is 2.01. The largest absolute Gasteiger partial charge is 0.391 e. The molecule has 2 N–H and O–H groups in total. The Kier molecular flexibility index (Phi) is 9.12. The molecule has 0 spiro atoms. The van der Waals surface area contributed by atoms with Gasteiger partial charge in [-0.2, -0.15) is 0 Å². The van der Waals surface area contributed by atoms with Crippen LogP contribution in [0.5, 0.6) is 0 Å². The topological polar surface area (TPSA) is 55.8 Å². The molecule has 1 saturated heterocycles. The smallest absolute Gasteiger partial charge is 0.239 e. The molecule has 2 rings (SSSR count). The van der Waals surface area contributed by atoms with Crippen molar-refractivity contribution in [1.82, 2.24) is 15.1 Å². The Hall–Kier alpha value is -1.43. The molecule has 1 radical (unpaired) electrons. The molecule has 0 aliphatic carbocycles. The van der Waals surface area contributed by atoms with Gasteiger partial charge < -0.3 is 10.4 Å². The highest BCUT2D eigenvalue weighted by molar-refractivity contribution is 5.82. The van der Waals surface area contributed by atoms with Crippen LogP contribution < -0.4 is 5.32 Å². The van der Waals surface area contributed by atoms with Crippen LogP contribution in [0.25, 0.3) is 0 Å². The molecule has 1 amide bonds. The molecule has 1 aromatic carbocycles. The van der Waals surface area contributed by atoms with Crippen LogP contribution in [0.15, 0.2) is 30.3 Å². The first kappa shape index (κ1) is 23.8. The van der Waals surface area contributed by atoms with Gasteiger partial charge in [0, 0.05) is 37.8 Å². The van der Waals surface area contributed by atoms with Crippen molar-refractivity contribution in [3.8, 4) is 0 Å². The van der Waals surface area contributed by atoms with Crippen LogP contribution in [0.4, 0.5) is 0 Å². The second-order valence-electron chi connectivity index (χ2n) is 9.21. The van der Waals surface area contributed by atoms with Crippen LogP contribution in [0, 0.1) is 6.42 Å². The average Bonchev–Trinajstić information content (AvgIpc) is 2.67. The maximum atomic E-state index is 13.1. The van der Waals surface area contributed by atoms with Gasteiger partial charge in [-0.1, -0.05) is 44.2 Å². The Morgan fingerprint density at radius 1 is 1.21 bits per heavy atom. The normalized spacial score (nSPS) is 20.0.